The van der Waals surface area contributed by atoms with Gasteiger partial charge in [-0.1, -0.05) is 19.1 Å². The van der Waals surface area contributed by atoms with E-state index in [0.29, 0.717) is 12.7 Å². The van der Waals surface area contributed by atoms with E-state index in [1.807, 2.05) is 13.1 Å². The highest BCUT2D eigenvalue weighted by Crippen LogP contribution is 2.28. The summed E-state index contributed by atoms with van der Waals surface area (Å²) in [6, 6.07) is 8.56. The third-order valence-electron chi connectivity index (χ3n) is 3.07. The van der Waals surface area contributed by atoms with Gasteiger partial charge >= 0.3 is 0 Å². The van der Waals surface area contributed by atoms with Gasteiger partial charge in [0.05, 0.1) is 18.8 Å². The van der Waals surface area contributed by atoms with Crippen LogP contribution in [-0.2, 0) is 4.74 Å². The second-order valence-corrected chi connectivity index (χ2v) is 4.81. The Hall–Kier alpha value is -1.06. The minimum absolute atomic E-state index is 0.235. The molecule has 1 unspecified atom stereocenters. The van der Waals surface area contributed by atoms with Crippen molar-refractivity contribution in [1.29, 1.82) is 0 Å². The van der Waals surface area contributed by atoms with E-state index in [9.17, 15) is 0 Å². The zero-order valence-corrected chi connectivity index (χ0v) is 11.3. The van der Waals surface area contributed by atoms with Gasteiger partial charge in [0.25, 0.3) is 0 Å². The molecule has 1 N–H and O–H groups in total. The van der Waals surface area contributed by atoms with Crippen LogP contribution in [-0.4, -0.2) is 26.4 Å². The van der Waals surface area contributed by atoms with Crippen LogP contribution in [0.5, 0.6) is 5.75 Å². The van der Waals surface area contributed by atoms with E-state index in [4.69, 9.17) is 9.47 Å². The Bertz CT molecular complexity index is 363. The zero-order chi connectivity index (χ0) is 12.8. The van der Waals surface area contributed by atoms with Gasteiger partial charge in [0.15, 0.2) is 0 Å². The highest BCUT2D eigenvalue weighted by molar-refractivity contribution is 5.31. The van der Waals surface area contributed by atoms with Crippen molar-refractivity contribution in [2.45, 2.75) is 38.3 Å². The first-order valence-electron chi connectivity index (χ1n) is 6.85. The Morgan fingerprint density at radius 2 is 2.22 bits per heavy atom. The van der Waals surface area contributed by atoms with E-state index in [-0.39, 0.29) is 6.04 Å². The molecule has 0 aromatic heterocycles. The van der Waals surface area contributed by atoms with Gasteiger partial charge in [-0.2, -0.15) is 0 Å². The summed E-state index contributed by atoms with van der Waals surface area (Å²) in [6.45, 7) is 3.64. The van der Waals surface area contributed by atoms with Crippen LogP contribution in [0.4, 0.5) is 0 Å². The highest BCUT2D eigenvalue weighted by Gasteiger charge is 2.23. The maximum Gasteiger partial charge on any atom is 0.120 e. The first-order chi connectivity index (χ1) is 8.83. The van der Waals surface area contributed by atoms with Crippen LogP contribution in [0, 0.1) is 0 Å². The molecule has 0 spiro atoms. The van der Waals surface area contributed by atoms with E-state index in [1.54, 1.807) is 0 Å². The first kappa shape index (κ1) is 13.4. The summed E-state index contributed by atoms with van der Waals surface area (Å²) in [6.07, 6.45) is 3.89. The predicted molar refractivity (Wildman–Crippen MR) is 73.0 cm³/mol. The zero-order valence-electron chi connectivity index (χ0n) is 11.3. The van der Waals surface area contributed by atoms with Crippen molar-refractivity contribution in [2.75, 3.05) is 20.3 Å². The van der Waals surface area contributed by atoms with Crippen molar-refractivity contribution in [1.82, 2.24) is 5.32 Å². The lowest BCUT2D eigenvalue weighted by Gasteiger charge is -2.17. The number of hydrogen-bond acceptors (Lipinski definition) is 3. The first-order valence-corrected chi connectivity index (χ1v) is 6.85. The molecule has 1 aliphatic rings. The molecule has 0 bridgehead atoms. The van der Waals surface area contributed by atoms with Crippen molar-refractivity contribution in [3.8, 4) is 5.75 Å². The molecule has 1 fully saturated rings. The van der Waals surface area contributed by atoms with Crippen LogP contribution in [0.25, 0.3) is 0 Å². The molecule has 0 amide bonds. The SMILES string of the molecule is CCCOCC(NC)c1cccc(OC2CC2)c1. The minimum Gasteiger partial charge on any atom is -0.490 e. The van der Waals surface area contributed by atoms with Crippen LogP contribution >= 0.6 is 0 Å². The fourth-order valence-corrected chi connectivity index (χ4v) is 1.87. The number of ether oxygens (including phenoxy) is 2. The number of likely N-dealkylation sites (N-methyl/N-ethyl adjacent to an activating group) is 1. The van der Waals surface area contributed by atoms with Crippen molar-refractivity contribution in [2.24, 2.45) is 0 Å². The van der Waals surface area contributed by atoms with E-state index in [0.717, 1.165) is 18.8 Å². The van der Waals surface area contributed by atoms with E-state index in [1.165, 1.54) is 18.4 Å². The van der Waals surface area contributed by atoms with Gasteiger partial charge in [0.1, 0.15) is 5.75 Å². The summed E-state index contributed by atoms with van der Waals surface area (Å²) >= 11 is 0. The third-order valence-corrected chi connectivity index (χ3v) is 3.07. The summed E-state index contributed by atoms with van der Waals surface area (Å²) in [5.41, 5.74) is 1.23. The predicted octanol–water partition coefficient (Wildman–Crippen LogP) is 2.91. The van der Waals surface area contributed by atoms with Crippen LogP contribution in [0.1, 0.15) is 37.8 Å². The molecule has 100 valence electrons. The molecule has 1 saturated carbocycles. The average Bonchev–Trinajstić information content (AvgIpc) is 3.19. The summed E-state index contributed by atoms with van der Waals surface area (Å²) in [5.74, 6) is 0.978. The topological polar surface area (TPSA) is 30.5 Å². The summed E-state index contributed by atoms with van der Waals surface area (Å²) in [4.78, 5) is 0. The molecular formula is C15H23NO2. The van der Waals surface area contributed by atoms with Crippen molar-refractivity contribution in [3.05, 3.63) is 29.8 Å². The smallest absolute Gasteiger partial charge is 0.120 e. The minimum atomic E-state index is 0.235. The molecule has 0 heterocycles. The van der Waals surface area contributed by atoms with E-state index < -0.39 is 0 Å². The molecule has 0 radical (unpaired) electrons. The summed E-state index contributed by atoms with van der Waals surface area (Å²) < 4.78 is 11.4. The van der Waals surface area contributed by atoms with Crippen molar-refractivity contribution >= 4 is 0 Å². The molecule has 3 nitrogen and oxygen atoms in total. The van der Waals surface area contributed by atoms with Crippen LogP contribution in [0.15, 0.2) is 24.3 Å². The van der Waals surface area contributed by atoms with Gasteiger partial charge in [-0.05, 0) is 44.0 Å². The fraction of sp³-hybridized carbons (Fsp3) is 0.600. The second kappa shape index (κ2) is 6.76. The van der Waals surface area contributed by atoms with Crippen LogP contribution < -0.4 is 10.1 Å². The maximum atomic E-state index is 5.82. The van der Waals surface area contributed by atoms with Gasteiger partial charge in [-0.15, -0.1) is 0 Å². The largest absolute Gasteiger partial charge is 0.490 e. The third kappa shape index (κ3) is 4.00. The molecule has 18 heavy (non-hydrogen) atoms. The Morgan fingerprint density at radius 3 is 2.89 bits per heavy atom. The van der Waals surface area contributed by atoms with Gasteiger partial charge in [-0.25, -0.2) is 0 Å². The van der Waals surface area contributed by atoms with Crippen LogP contribution in [0.3, 0.4) is 0 Å². The normalized spacial score (nSPS) is 16.6. The van der Waals surface area contributed by atoms with Gasteiger partial charge in [0.2, 0.25) is 0 Å². The monoisotopic (exact) mass is 249 g/mol. The fourth-order valence-electron chi connectivity index (χ4n) is 1.87. The van der Waals surface area contributed by atoms with Crippen molar-refractivity contribution in [3.63, 3.8) is 0 Å². The lowest BCUT2D eigenvalue weighted by Crippen LogP contribution is -2.22. The highest BCUT2D eigenvalue weighted by atomic mass is 16.5. The van der Waals surface area contributed by atoms with Crippen molar-refractivity contribution < 1.29 is 9.47 Å². The average molecular weight is 249 g/mol. The molecule has 0 saturated heterocycles. The standard InChI is InChI=1S/C15H23NO2/c1-3-9-17-11-15(16-2)12-5-4-6-14(10-12)18-13-7-8-13/h4-6,10,13,15-16H,3,7-9,11H2,1-2H3. The Balaban J connectivity index is 1.95. The Kier molecular flexibility index (Phi) is 5.02. The molecule has 2 rings (SSSR count). The Morgan fingerprint density at radius 1 is 1.39 bits per heavy atom. The quantitative estimate of drug-likeness (QED) is 0.719. The molecule has 1 aromatic rings. The lowest BCUT2D eigenvalue weighted by atomic mass is 10.1. The molecule has 1 aromatic carbocycles. The summed E-state index contributed by atoms with van der Waals surface area (Å²) in [5, 5.41) is 3.29. The molecule has 3 heteroatoms. The molecular weight excluding hydrogens is 226 g/mol. The molecule has 1 aliphatic carbocycles. The van der Waals surface area contributed by atoms with E-state index in [2.05, 4.69) is 30.4 Å². The Labute approximate surface area is 109 Å². The molecule has 1 atom stereocenters. The van der Waals surface area contributed by atoms with Gasteiger partial charge in [-0.3, -0.25) is 0 Å². The maximum absolute atomic E-state index is 5.82. The van der Waals surface area contributed by atoms with E-state index >= 15 is 0 Å². The van der Waals surface area contributed by atoms with Crippen LogP contribution in [0.2, 0.25) is 0 Å². The number of hydrogen-bond donors (Lipinski definition) is 1. The van der Waals surface area contributed by atoms with Gasteiger partial charge in [0, 0.05) is 6.61 Å². The summed E-state index contributed by atoms with van der Waals surface area (Å²) in [7, 11) is 1.97. The number of nitrogens with one attached hydrogen (secondary N) is 1. The lowest BCUT2D eigenvalue weighted by molar-refractivity contribution is 0.114. The number of rotatable bonds is 8. The number of benzene rings is 1. The molecule has 0 aliphatic heterocycles. The second-order valence-electron chi connectivity index (χ2n) is 4.81. The van der Waals surface area contributed by atoms with Gasteiger partial charge < -0.3 is 14.8 Å².